The lowest BCUT2D eigenvalue weighted by Crippen LogP contribution is -2.50. The van der Waals surface area contributed by atoms with Gasteiger partial charge in [-0.25, -0.2) is 0 Å². The summed E-state index contributed by atoms with van der Waals surface area (Å²) in [5, 5.41) is 29.2. The molecule has 2 aromatic carbocycles. The number of nitrogens with zero attached hydrogens (tertiary/aromatic N) is 3. The molecule has 1 spiro atoms. The van der Waals surface area contributed by atoms with Gasteiger partial charge >= 0.3 is 0 Å². The molecule has 7 nitrogen and oxygen atoms in total. The monoisotopic (exact) mass is 443 g/mol. The molecular formula is C26H25N3O4. The predicted molar refractivity (Wildman–Crippen MR) is 121 cm³/mol. The Kier molecular flexibility index (Phi) is 5.00. The Morgan fingerprint density at radius 3 is 2.48 bits per heavy atom. The number of hydrogen-bond donors (Lipinski definition) is 2. The zero-order chi connectivity index (χ0) is 23.2. The van der Waals surface area contributed by atoms with Crippen LogP contribution in [0.1, 0.15) is 47.1 Å². The Hall–Kier alpha value is -3.60. The highest BCUT2D eigenvalue weighted by atomic mass is 16.5. The molecule has 168 valence electrons. The van der Waals surface area contributed by atoms with Crippen molar-refractivity contribution < 1.29 is 19.7 Å². The Morgan fingerprint density at radius 1 is 1.12 bits per heavy atom. The molecule has 2 aliphatic heterocycles. The van der Waals surface area contributed by atoms with Crippen molar-refractivity contribution >= 4 is 5.91 Å². The van der Waals surface area contributed by atoms with E-state index in [1.54, 1.807) is 24.3 Å². The number of aliphatic hydroxyl groups is 2. The second-order valence-corrected chi connectivity index (χ2v) is 8.92. The zero-order valence-corrected chi connectivity index (χ0v) is 18.4. The molecule has 1 fully saturated rings. The van der Waals surface area contributed by atoms with Crippen molar-refractivity contribution in [3.05, 3.63) is 83.2 Å². The van der Waals surface area contributed by atoms with Gasteiger partial charge in [-0.15, -0.1) is 0 Å². The van der Waals surface area contributed by atoms with Crippen molar-refractivity contribution in [2.24, 2.45) is 0 Å². The molecule has 1 atom stereocenters. The maximum absolute atomic E-state index is 13.1. The highest BCUT2D eigenvalue weighted by molar-refractivity contribution is 5.94. The molecule has 1 amide bonds. The molecule has 0 aliphatic carbocycles. The highest BCUT2D eigenvalue weighted by Crippen LogP contribution is 2.45. The number of aromatic nitrogens is 1. The van der Waals surface area contributed by atoms with Gasteiger partial charge in [0.2, 0.25) is 0 Å². The Balaban J connectivity index is 1.38. The molecular weight excluding hydrogens is 418 g/mol. The third-order valence-corrected chi connectivity index (χ3v) is 6.79. The minimum atomic E-state index is -1.34. The van der Waals surface area contributed by atoms with Crippen LogP contribution in [0.3, 0.4) is 0 Å². The second kappa shape index (κ2) is 7.77. The SMILES string of the molecule is C[C@](O)(CO)c1ccc(C(=O)N2CCC3(CC2)Oc2ccccc2-n2c(C#N)ccc23)cc1. The first kappa shape index (κ1) is 21.3. The maximum atomic E-state index is 13.1. The maximum Gasteiger partial charge on any atom is 0.253 e. The number of rotatable bonds is 3. The van der Waals surface area contributed by atoms with Crippen molar-refractivity contribution in [3.63, 3.8) is 0 Å². The predicted octanol–water partition coefficient (Wildman–Crippen LogP) is 3.07. The molecule has 1 aromatic heterocycles. The Bertz CT molecular complexity index is 1250. The number of carbonyl (C=O) groups is 1. The van der Waals surface area contributed by atoms with E-state index in [2.05, 4.69) is 6.07 Å². The fraction of sp³-hybridized carbons (Fsp3) is 0.308. The van der Waals surface area contributed by atoms with E-state index in [9.17, 15) is 20.3 Å². The van der Waals surface area contributed by atoms with Gasteiger partial charge in [0.1, 0.15) is 23.1 Å². The van der Waals surface area contributed by atoms with Gasteiger partial charge in [0, 0.05) is 31.5 Å². The molecule has 1 saturated heterocycles. The van der Waals surface area contributed by atoms with Crippen LogP contribution in [0, 0.1) is 11.3 Å². The molecule has 0 bridgehead atoms. The zero-order valence-electron chi connectivity index (χ0n) is 18.4. The Labute approximate surface area is 192 Å². The smallest absolute Gasteiger partial charge is 0.253 e. The number of aliphatic hydroxyl groups excluding tert-OH is 1. The number of amides is 1. The molecule has 0 saturated carbocycles. The van der Waals surface area contributed by atoms with Gasteiger partial charge in [-0.3, -0.25) is 9.36 Å². The van der Waals surface area contributed by atoms with E-state index >= 15 is 0 Å². The average molecular weight is 444 g/mol. The molecule has 7 heteroatoms. The second-order valence-electron chi connectivity index (χ2n) is 8.92. The van der Waals surface area contributed by atoms with E-state index < -0.39 is 17.8 Å². The first-order chi connectivity index (χ1) is 15.9. The number of hydrogen-bond acceptors (Lipinski definition) is 5. The molecule has 2 aliphatic rings. The van der Waals surface area contributed by atoms with E-state index in [0.717, 1.165) is 17.1 Å². The van der Waals surface area contributed by atoms with Crippen molar-refractivity contribution in [1.29, 1.82) is 5.26 Å². The molecule has 3 aromatic rings. The van der Waals surface area contributed by atoms with Crippen LogP contribution < -0.4 is 4.74 Å². The number of nitriles is 1. The number of ether oxygens (including phenoxy) is 1. The number of benzene rings is 2. The lowest BCUT2D eigenvalue weighted by Gasteiger charge is -2.45. The number of fused-ring (bicyclic) bond motifs is 4. The fourth-order valence-electron chi connectivity index (χ4n) is 4.81. The first-order valence-electron chi connectivity index (χ1n) is 11.0. The van der Waals surface area contributed by atoms with Crippen LogP contribution in [-0.4, -0.2) is 45.3 Å². The van der Waals surface area contributed by atoms with Crippen molar-refractivity contribution in [2.75, 3.05) is 19.7 Å². The largest absolute Gasteiger partial charge is 0.479 e. The van der Waals surface area contributed by atoms with Gasteiger partial charge in [0.05, 0.1) is 18.0 Å². The highest BCUT2D eigenvalue weighted by Gasteiger charge is 2.45. The molecule has 3 heterocycles. The summed E-state index contributed by atoms with van der Waals surface area (Å²) in [5.41, 5.74) is 1.53. The van der Waals surface area contributed by atoms with Crippen LogP contribution in [0.4, 0.5) is 0 Å². The van der Waals surface area contributed by atoms with Gasteiger partial charge < -0.3 is 19.8 Å². The van der Waals surface area contributed by atoms with Crippen LogP contribution in [0.25, 0.3) is 5.69 Å². The normalized spacial score (nSPS) is 17.9. The topological polar surface area (TPSA) is 98.7 Å². The van der Waals surface area contributed by atoms with Crippen molar-refractivity contribution in [3.8, 4) is 17.5 Å². The number of para-hydroxylation sites is 2. The minimum absolute atomic E-state index is 0.0793. The molecule has 5 rings (SSSR count). The molecule has 2 N–H and O–H groups in total. The number of likely N-dealkylation sites (tertiary alicyclic amines) is 1. The first-order valence-corrected chi connectivity index (χ1v) is 11.0. The fourth-order valence-corrected chi connectivity index (χ4v) is 4.81. The lowest BCUT2D eigenvalue weighted by atomic mass is 9.86. The van der Waals surface area contributed by atoms with Crippen LogP contribution in [0.5, 0.6) is 5.75 Å². The summed E-state index contributed by atoms with van der Waals surface area (Å²) in [6, 6.07) is 20.5. The molecule has 0 radical (unpaired) electrons. The van der Waals surface area contributed by atoms with Crippen molar-refractivity contribution in [2.45, 2.75) is 31.0 Å². The summed E-state index contributed by atoms with van der Waals surface area (Å²) in [6.07, 6.45) is 1.22. The average Bonchev–Trinajstić information content (AvgIpc) is 3.30. The van der Waals surface area contributed by atoms with Gasteiger partial charge in [-0.2, -0.15) is 5.26 Å². The third kappa shape index (κ3) is 3.39. The number of piperidine rings is 1. The van der Waals surface area contributed by atoms with Crippen LogP contribution in [0.15, 0.2) is 60.7 Å². The summed E-state index contributed by atoms with van der Waals surface area (Å²) in [6.45, 7) is 2.17. The van der Waals surface area contributed by atoms with Crippen LogP contribution in [0.2, 0.25) is 0 Å². The van der Waals surface area contributed by atoms with Crippen molar-refractivity contribution in [1.82, 2.24) is 9.47 Å². The Morgan fingerprint density at radius 2 is 1.82 bits per heavy atom. The number of carbonyl (C=O) groups excluding carboxylic acids is 1. The quantitative estimate of drug-likeness (QED) is 0.648. The van der Waals surface area contributed by atoms with E-state index in [1.165, 1.54) is 6.92 Å². The summed E-state index contributed by atoms with van der Waals surface area (Å²) in [5.74, 6) is 0.661. The minimum Gasteiger partial charge on any atom is -0.479 e. The summed E-state index contributed by atoms with van der Waals surface area (Å²) in [7, 11) is 0. The summed E-state index contributed by atoms with van der Waals surface area (Å²) in [4.78, 5) is 14.9. The van der Waals surface area contributed by atoms with E-state index in [0.29, 0.717) is 42.8 Å². The van der Waals surface area contributed by atoms with Gasteiger partial charge in [-0.1, -0.05) is 24.3 Å². The van der Waals surface area contributed by atoms with Crippen LogP contribution >= 0.6 is 0 Å². The van der Waals surface area contributed by atoms with Gasteiger partial charge in [0.15, 0.2) is 5.60 Å². The molecule has 0 unspecified atom stereocenters. The van der Waals surface area contributed by atoms with E-state index in [1.807, 2.05) is 45.9 Å². The standard InChI is InChI=1S/C26H25N3O4/c1-25(32,17-30)19-8-6-18(7-9-19)24(31)28-14-12-26(13-15-28)23-11-10-20(16-27)29(23)21-4-2-3-5-22(21)33-26/h2-11,30,32H,12-15,17H2,1H3/t25-/m0/s1. The van der Waals surface area contributed by atoms with Gasteiger partial charge in [0.25, 0.3) is 5.91 Å². The van der Waals surface area contributed by atoms with Gasteiger partial charge in [-0.05, 0) is 48.9 Å². The molecule has 33 heavy (non-hydrogen) atoms. The van der Waals surface area contributed by atoms with E-state index in [4.69, 9.17) is 4.74 Å². The van der Waals surface area contributed by atoms with Crippen LogP contribution in [-0.2, 0) is 11.2 Å². The summed E-state index contributed by atoms with van der Waals surface area (Å²) >= 11 is 0. The summed E-state index contributed by atoms with van der Waals surface area (Å²) < 4.78 is 8.50. The van der Waals surface area contributed by atoms with E-state index in [-0.39, 0.29) is 5.91 Å². The third-order valence-electron chi connectivity index (χ3n) is 6.79. The lowest BCUT2D eigenvalue weighted by molar-refractivity contribution is -0.00946.